The van der Waals surface area contributed by atoms with E-state index in [1.807, 2.05) is 17.5 Å². The van der Waals surface area contributed by atoms with E-state index in [4.69, 9.17) is 4.42 Å². The number of aromatic nitrogens is 2. The van der Waals surface area contributed by atoms with Crippen LogP contribution in [0.25, 0.3) is 10.8 Å². The lowest BCUT2D eigenvalue weighted by Crippen LogP contribution is -2.28. The number of hydrogen-bond donors (Lipinski definition) is 1. The molecule has 1 aromatic carbocycles. The Labute approximate surface area is 166 Å². The molecule has 8 nitrogen and oxygen atoms in total. The second-order valence-electron chi connectivity index (χ2n) is 6.48. The van der Waals surface area contributed by atoms with E-state index in [1.54, 1.807) is 12.1 Å². The van der Waals surface area contributed by atoms with Crippen LogP contribution < -0.4 is 5.32 Å². The number of nitrogens with one attached hydrogen (secondary N) is 1. The Kier molecular flexibility index (Phi) is 5.00. The maximum atomic E-state index is 12.9. The Balaban J connectivity index is 1.48. The third kappa shape index (κ3) is 3.71. The standard InChI is InChI=1S/C18H18N4O4S2/c1-12(23)19-14-4-6-15(7-5-14)28(24,25)22-9-8-13(11-22)17-20-21-18(26-17)16-3-2-10-27-16/h2-7,10,13H,8-9,11H2,1H3,(H,19,23)/t13-/m0/s1. The number of hydrogen-bond acceptors (Lipinski definition) is 7. The van der Waals surface area contributed by atoms with Crippen LogP contribution >= 0.6 is 11.3 Å². The lowest BCUT2D eigenvalue weighted by molar-refractivity contribution is -0.114. The average molecular weight is 419 g/mol. The van der Waals surface area contributed by atoms with E-state index in [0.717, 1.165) is 4.88 Å². The van der Waals surface area contributed by atoms with E-state index in [0.29, 0.717) is 37.0 Å². The van der Waals surface area contributed by atoms with Crippen molar-refractivity contribution in [1.82, 2.24) is 14.5 Å². The topological polar surface area (TPSA) is 105 Å². The molecule has 146 valence electrons. The molecule has 1 aliphatic rings. The molecule has 1 fully saturated rings. The molecule has 0 unspecified atom stereocenters. The molecule has 1 N–H and O–H groups in total. The maximum absolute atomic E-state index is 12.9. The molecule has 0 spiro atoms. The number of thiophene rings is 1. The van der Waals surface area contributed by atoms with Gasteiger partial charge in [0, 0.05) is 25.7 Å². The third-order valence-corrected chi connectivity index (χ3v) is 7.22. The Morgan fingerprint density at radius 3 is 2.71 bits per heavy atom. The number of carbonyl (C=O) groups is 1. The zero-order valence-corrected chi connectivity index (χ0v) is 16.7. The van der Waals surface area contributed by atoms with Gasteiger partial charge in [0.15, 0.2) is 0 Å². The fourth-order valence-corrected chi connectivity index (χ4v) is 5.25. The predicted octanol–water partition coefficient (Wildman–Crippen LogP) is 2.93. The second-order valence-corrected chi connectivity index (χ2v) is 9.36. The van der Waals surface area contributed by atoms with Crippen LogP contribution in [0.2, 0.25) is 0 Å². The molecule has 1 saturated heterocycles. The first-order chi connectivity index (χ1) is 13.4. The van der Waals surface area contributed by atoms with Gasteiger partial charge in [-0.05, 0) is 42.1 Å². The number of rotatable bonds is 5. The van der Waals surface area contributed by atoms with Crippen molar-refractivity contribution < 1.29 is 17.6 Å². The Bertz CT molecular complexity index is 1080. The summed E-state index contributed by atoms with van der Waals surface area (Å²) in [6.45, 7) is 2.08. The fourth-order valence-electron chi connectivity index (χ4n) is 3.11. The van der Waals surface area contributed by atoms with E-state index in [-0.39, 0.29) is 16.7 Å². The van der Waals surface area contributed by atoms with Gasteiger partial charge in [0.05, 0.1) is 15.7 Å². The van der Waals surface area contributed by atoms with Gasteiger partial charge in [-0.1, -0.05) is 6.07 Å². The predicted molar refractivity (Wildman–Crippen MR) is 104 cm³/mol. The van der Waals surface area contributed by atoms with Crippen LogP contribution in [0.15, 0.2) is 51.1 Å². The summed E-state index contributed by atoms with van der Waals surface area (Å²) in [4.78, 5) is 12.2. The highest BCUT2D eigenvalue weighted by atomic mass is 32.2. The van der Waals surface area contributed by atoms with Gasteiger partial charge in [-0.3, -0.25) is 4.79 Å². The summed E-state index contributed by atoms with van der Waals surface area (Å²) in [5.74, 6) is 0.580. The van der Waals surface area contributed by atoms with Crippen LogP contribution in [-0.4, -0.2) is 41.9 Å². The van der Waals surface area contributed by atoms with Gasteiger partial charge in [0.25, 0.3) is 5.89 Å². The molecule has 1 atom stereocenters. The molecule has 0 bridgehead atoms. The molecule has 3 heterocycles. The maximum Gasteiger partial charge on any atom is 0.257 e. The van der Waals surface area contributed by atoms with Gasteiger partial charge in [0.1, 0.15) is 0 Å². The summed E-state index contributed by atoms with van der Waals surface area (Å²) in [7, 11) is -3.63. The van der Waals surface area contributed by atoms with Crippen LogP contribution in [0.3, 0.4) is 0 Å². The van der Waals surface area contributed by atoms with Crippen LogP contribution in [-0.2, 0) is 14.8 Å². The zero-order valence-electron chi connectivity index (χ0n) is 15.0. The first-order valence-corrected chi connectivity index (χ1v) is 11.0. The Hall–Kier alpha value is -2.56. The Morgan fingerprint density at radius 1 is 1.25 bits per heavy atom. The van der Waals surface area contributed by atoms with Gasteiger partial charge in [-0.15, -0.1) is 21.5 Å². The second kappa shape index (κ2) is 7.46. The van der Waals surface area contributed by atoms with Crippen LogP contribution in [0.5, 0.6) is 0 Å². The summed E-state index contributed by atoms with van der Waals surface area (Å²) >= 11 is 1.51. The summed E-state index contributed by atoms with van der Waals surface area (Å²) in [5, 5.41) is 12.7. The smallest absolute Gasteiger partial charge is 0.257 e. The summed E-state index contributed by atoms with van der Waals surface area (Å²) in [6, 6.07) is 9.95. The summed E-state index contributed by atoms with van der Waals surface area (Å²) in [6.07, 6.45) is 0.620. The van der Waals surface area contributed by atoms with Crippen molar-refractivity contribution in [2.45, 2.75) is 24.2 Å². The van der Waals surface area contributed by atoms with Crippen molar-refractivity contribution in [3.63, 3.8) is 0 Å². The van der Waals surface area contributed by atoms with Gasteiger partial charge in [-0.2, -0.15) is 4.31 Å². The molecule has 1 aliphatic heterocycles. The summed E-state index contributed by atoms with van der Waals surface area (Å²) < 4.78 is 33.0. The minimum absolute atomic E-state index is 0.130. The van der Waals surface area contributed by atoms with E-state index in [1.165, 1.54) is 34.7 Å². The van der Waals surface area contributed by atoms with E-state index < -0.39 is 10.0 Å². The minimum Gasteiger partial charge on any atom is -0.420 e. The van der Waals surface area contributed by atoms with E-state index in [2.05, 4.69) is 15.5 Å². The molecule has 1 amide bonds. The molecule has 4 rings (SSSR count). The van der Waals surface area contributed by atoms with Crippen LogP contribution in [0.1, 0.15) is 25.2 Å². The number of anilines is 1. The Morgan fingerprint density at radius 2 is 2.04 bits per heavy atom. The normalized spacial score (nSPS) is 17.7. The number of benzene rings is 1. The van der Waals surface area contributed by atoms with Crippen molar-refractivity contribution in [3.05, 3.63) is 47.7 Å². The third-order valence-electron chi connectivity index (χ3n) is 4.49. The molecular formula is C18H18N4O4S2. The number of sulfonamides is 1. The monoisotopic (exact) mass is 418 g/mol. The van der Waals surface area contributed by atoms with Gasteiger partial charge >= 0.3 is 0 Å². The fraction of sp³-hybridized carbons (Fsp3) is 0.278. The SMILES string of the molecule is CC(=O)Nc1ccc(S(=O)(=O)N2CC[C@H](c3nnc(-c4cccs4)o3)C2)cc1. The molecule has 3 aromatic rings. The van der Waals surface area contributed by atoms with Crippen molar-refractivity contribution in [2.75, 3.05) is 18.4 Å². The van der Waals surface area contributed by atoms with Gasteiger partial charge in [-0.25, -0.2) is 8.42 Å². The molecule has 10 heteroatoms. The first kappa shape index (κ1) is 18.8. The number of carbonyl (C=O) groups excluding carboxylic acids is 1. The van der Waals surface area contributed by atoms with Gasteiger partial charge in [0.2, 0.25) is 21.8 Å². The quantitative estimate of drug-likeness (QED) is 0.683. The van der Waals surface area contributed by atoms with Crippen LogP contribution in [0.4, 0.5) is 5.69 Å². The molecule has 0 radical (unpaired) electrons. The lowest BCUT2D eigenvalue weighted by atomic mass is 10.1. The minimum atomic E-state index is -3.63. The van der Waals surface area contributed by atoms with Crippen LogP contribution in [0, 0.1) is 0 Å². The largest absolute Gasteiger partial charge is 0.420 e. The first-order valence-electron chi connectivity index (χ1n) is 8.68. The molecule has 0 saturated carbocycles. The lowest BCUT2D eigenvalue weighted by Gasteiger charge is -2.16. The van der Waals surface area contributed by atoms with Crippen molar-refractivity contribution in [2.24, 2.45) is 0 Å². The number of amides is 1. The summed E-state index contributed by atoms with van der Waals surface area (Å²) in [5.41, 5.74) is 0.553. The highest BCUT2D eigenvalue weighted by Gasteiger charge is 2.35. The molecule has 2 aromatic heterocycles. The molecule has 0 aliphatic carbocycles. The highest BCUT2D eigenvalue weighted by molar-refractivity contribution is 7.89. The molecular weight excluding hydrogens is 400 g/mol. The zero-order chi connectivity index (χ0) is 19.7. The van der Waals surface area contributed by atoms with Crippen molar-refractivity contribution in [1.29, 1.82) is 0 Å². The van der Waals surface area contributed by atoms with Crippen molar-refractivity contribution in [3.8, 4) is 10.8 Å². The highest BCUT2D eigenvalue weighted by Crippen LogP contribution is 2.32. The van der Waals surface area contributed by atoms with Gasteiger partial charge < -0.3 is 9.73 Å². The average Bonchev–Trinajstić information content (AvgIpc) is 3.40. The van der Waals surface area contributed by atoms with Crippen molar-refractivity contribution >= 4 is 33.0 Å². The van der Waals surface area contributed by atoms with E-state index >= 15 is 0 Å². The number of nitrogens with zero attached hydrogens (tertiary/aromatic N) is 3. The molecule has 28 heavy (non-hydrogen) atoms. The van der Waals surface area contributed by atoms with E-state index in [9.17, 15) is 13.2 Å².